The second-order valence-corrected chi connectivity index (χ2v) is 5.11. The van der Waals surface area contributed by atoms with Gasteiger partial charge in [-0.15, -0.1) is 11.3 Å². The van der Waals surface area contributed by atoms with Crippen LogP contribution in [-0.4, -0.2) is 26.4 Å². The average molecular weight is 269 g/mol. The lowest BCUT2D eigenvalue weighted by Gasteiger charge is -2.23. The molecule has 0 saturated heterocycles. The first-order chi connectivity index (χ1) is 7.00. The van der Waals surface area contributed by atoms with Crippen molar-refractivity contribution in [2.45, 2.75) is 6.42 Å². The molecule has 1 N–H and O–H groups in total. The van der Waals surface area contributed by atoms with Gasteiger partial charge in [0, 0.05) is 17.8 Å². The van der Waals surface area contributed by atoms with E-state index in [0.717, 1.165) is 15.6 Å². The maximum absolute atomic E-state index is 10.8. The van der Waals surface area contributed by atoms with Crippen LogP contribution in [-0.2, 0) is 16.1 Å². The van der Waals surface area contributed by atoms with Crippen molar-refractivity contribution in [1.29, 1.82) is 0 Å². The SMILES string of the molecule is O=C(O)CCN(c1ccc(Cl)s1)S(=O)[O-]. The molecule has 1 aromatic heterocycles. The fourth-order valence-corrected chi connectivity index (χ4v) is 2.60. The Balaban J connectivity index is 2.74. The van der Waals surface area contributed by atoms with E-state index in [1.54, 1.807) is 6.07 Å². The summed E-state index contributed by atoms with van der Waals surface area (Å²) in [6.07, 6.45) is -0.247. The van der Waals surface area contributed by atoms with Crippen LogP contribution in [0.25, 0.3) is 0 Å². The predicted octanol–water partition coefficient (Wildman–Crippen LogP) is 1.48. The number of hydrogen-bond donors (Lipinski definition) is 1. The quantitative estimate of drug-likeness (QED) is 0.820. The molecule has 0 fully saturated rings. The number of carboxylic acids is 1. The molecule has 84 valence electrons. The van der Waals surface area contributed by atoms with Gasteiger partial charge >= 0.3 is 5.97 Å². The Morgan fingerprint density at radius 3 is 2.73 bits per heavy atom. The van der Waals surface area contributed by atoms with Crippen molar-refractivity contribution in [2.75, 3.05) is 10.8 Å². The van der Waals surface area contributed by atoms with Crippen molar-refractivity contribution in [1.82, 2.24) is 0 Å². The summed E-state index contributed by atoms with van der Waals surface area (Å²) in [5.41, 5.74) is 0. The molecular formula is C7H7ClNO4S2-. The van der Waals surface area contributed by atoms with Gasteiger partial charge in [0.15, 0.2) is 0 Å². The highest BCUT2D eigenvalue weighted by molar-refractivity contribution is 7.81. The van der Waals surface area contributed by atoms with E-state index in [0.29, 0.717) is 9.34 Å². The van der Waals surface area contributed by atoms with E-state index in [1.165, 1.54) is 6.07 Å². The third kappa shape index (κ3) is 3.78. The minimum atomic E-state index is -2.49. The zero-order chi connectivity index (χ0) is 11.4. The lowest BCUT2D eigenvalue weighted by Crippen LogP contribution is -2.27. The van der Waals surface area contributed by atoms with E-state index in [4.69, 9.17) is 16.7 Å². The molecule has 0 saturated carbocycles. The van der Waals surface area contributed by atoms with E-state index in [1.807, 2.05) is 0 Å². The monoisotopic (exact) mass is 268 g/mol. The van der Waals surface area contributed by atoms with Crippen molar-refractivity contribution in [3.8, 4) is 0 Å². The van der Waals surface area contributed by atoms with Gasteiger partial charge in [-0.2, -0.15) is 0 Å². The topological polar surface area (TPSA) is 80.7 Å². The van der Waals surface area contributed by atoms with E-state index in [9.17, 15) is 13.6 Å². The van der Waals surface area contributed by atoms with Gasteiger partial charge in [0.1, 0.15) is 5.00 Å². The molecule has 0 bridgehead atoms. The molecule has 1 atom stereocenters. The van der Waals surface area contributed by atoms with Crippen molar-refractivity contribution < 1.29 is 18.7 Å². The molecule has 1 rings (SSSR count). The smallest absolute Gasteiger partial charge is 0.305 e. The van der Waals surface area contributed by atoms with Crippen molar-refractivity contribution >= 4 is 45.2 Å². The number of anilines is 1. The highest BCUT2D eigenvalue weighted by Crippen LogP contribution is 2.30. The Morgan fingerprint density at radius 2 is 2.33 bits per heavy atom. The van der Waals surface area contributed by atoms with Gasteiger partial charge < -0.3 is 9.66 Å². The Morgan fingerprint density at radius 1 is 1.67 bits per heavy atom. The van der Waals surface area contributed by atoms with Crippen molar-refractivity contribution in [3.05, 3.63) is 16.5 Å². The van der Waals surface area contributed by atoms with Crippen molar-refractivity contribution in [3.63, 3.8) is 0 Å². The number of carbonyl (C=O) groups is 1. The first kappa shape index (κ1) is 12.4. The number of carboxylic acid groups (broad SMARTS) is 1. The maximum atomic E-state index is 10.8. The Bertz CT molecular complexity index is 381. The van der Waals surface area contributed by atoms with Crippen LogP contribution >= 0.6 is 22.9 Å². The van der Waals surface area contributed by atoms with Gasteiger partial charge in [-0.1, -0.05) is 11.6 Å². The van der Waals surface area contributed by atoms with Crippen LogP contribution < -0.4 is 4.31 Å². The molecule has 0 aromatic carbocycles. The molecule has 1 heterocycles. The molecule has 0 amide bonds. The minimum Gasteiger partial charge on any atom is -0.755 e. The van der Waals surface area contributed by atoms with Gasteiger partial charge in [0.25, 0.3) is 0 Å². The number of thiophene rings is 1. The summed E-state index contributed by atoms with van der Waals surface area (Å²) in [5.74, 6) is -1.05. The third-order valence-electron chi connectivity index (χ3n) is 1.51. The fraction of sp³-hybridized carbons (Fsp3) is 0.286. The number of hydrogen-bond acceptors (Lipinski definition) is 4. The standard InChI is InChI=1S/C7H8ClNO4S2/c8-5-1-2-6(14-5)9(15(12)13)4-3-7(10)11/h1-2H,3-4H2,(H,10,11)(H,12,13)/p-1. The van der Waals surface area contributed by atoms with Crippen LogP contribution in [0.1, 0.15) is 6.42 Å². The summed E-state index contributed by atoms with van der Waals surface area (Å²) in [4.78, 5) is 10.3. The molecule has 0 radical (unpaired) electrons. The second-order valence-electron chi connectivity index (χ2n) is 2.54. The number of aliphatic carboxylic acids is 1. The molecule has 0 aliphatic carbocycles. The molecule has 5 nitrogen and oxygen atoms in total. The number of rotatable bonds is 5. The summed E-state index contributed by atoms with van der Waals surface area (Å²) in [5, 5.41) is 8.86. The van der Waals surface area contributed by atoms with Gasteiger partial charge in [-0.25, -0.2) is 0 Å². The van der Waals surface area contributed by atoms with E-state index in [2.05, 4.69) is 0 Å². The van der Waals surface area contributed by atoms with Gasteiger partial charge in [0.05, 0.1) is 10.8 Å². The van der Waals surface area contributed by atoms with E-state index in [-0.39, 0.29) is 13.0 Å². The molecule has 0 aliphatic rings. The summed E-state index contributed by atoms with van der Waals surface area (Å²) in [7, 11) is 0. The second kappa shape index (κ2) is 5.45. The van der Waals surface area contributed by atoms with Crippen LogP contribution in [0.4, 0.5) is 5.00 Å². The van der Waals surface area contributed by atoms with Crippen LogP contribution in [0, 0.1) is 0 Å². The van der Waals surface area contributed by atoms with Crippen LogP contribution in [0.5, 0.6) is 0 Å². The first-order valence-corrected chi connectivity index (χ1v) is 6.07. The molecule has 1 aromatic rings. The maximum Gasteiger partial charge on any atom is 0.305 e. The van der Waals surface area contributed by atoms with Crippen LogP contribution in [0.15, 0.2) is 12.1 Å². The highest BCUT2D eigenvalue weighted by Gasteiger charge is 2.11. The summed E-state index contributed by atoms with van der Waals surface area (Å²) >= 11 is 4.24. The van der Waals surface area contributed by atoms with Gasteiger partial charge in [-0.05, 0) is 12.1 Å². The largest absolute Gasteiger partial charge is 0.755 e. The fourth-order valence-electron chi connectivity index (χ4n) is 0.894. The summed E-state index contributed by atoms with van der Waals surface area (Å²) in [6.45, 7) is -0.0950. The Labute approximate surface area is 97.7 Å². The zero-order valence-electron chi connectivity index (χ0n) is 7.38. The summed E-state index contributed by atoms with van der Waals surface area (Å²) < 4.78 is 23.1. The van der Waals surface area contributed by atoms with E-state index >= 15 is 0 Å². The number of nitrogens with zero attached hydrogens (tertiary/aromatic N) is 1. The normalized spacial score (nSPS) is 12.4. The highest BCUT2D eigenvalue weighted by atomic mass is 35.5. The Hall–Kier alpha value is -0.630. The number of halogens is 1. The van der Waals surface area contributed by atoms with Crippen LogP contribution in [0.2, 0.25) is 4.34 Å². The zero-order valence-corrected chi connectivity index (χ0v) is 9.77. The lowest BCUT2D eigenvalue weighted by atomic mass is 10.4. The minimum absolute atomic E-state index is 0.0950. The first-order valence-electron chi connectivity index (χ1n) is 3.84. The molecule has 8 heteroatoms. The average Bonchev–Trinajstić information content (AvgIpc) is 2.51. The Kier molecular flexibility index (Phi) is 4.52. The lowest BCUT2D eigenvalue weighted by molar-refractivity contribution is -0.136. The molecular weight excluding hydrogens is 262 g/mol. The molecule has 1 unspecified atom stereocenters. The predicted molar refractivity (Wildman–Crippen MR) is 57.8 cm³/mol. The summed E-state index contributed by atoms with van der Waals surface area (Å²) in [6, 6.07) is 3.09. The van der Waals surface area contributed by atoms with E-state index < -0.39 is 17.2 Å². The van der Waals surface area contributed by atoms with Crippen molar-refractivity contribution in [2.24, 2.45) is 0 Å². The third-order valence-corrected chi connectivity index (χ3v) is 3.62. The van der Waals surface area contributed by atoms with Gasteiger partial charge in [-0.3, -0.25) is 13.3 Å². The molecule has 0 spiro atoms. The molecule has 15 heavy (non-hydrogen) atoms. The van der Waals surface area contributed by atoms with Gasteiger partial charge in [0.2, 0.25) is 0 Å². The molecule has 0 aliphatic heterocycles. The van der Waals surface area contributed by atoms with Crippen LogP contribution in [0.3, 0.4) is 0 Å².